The first-order valence-corrected chi connectivity index (χ1v) is 9.64. The molecule has 6 nitrogen and oxygen atoms in total. The van der Waals surface area contributed by atoms with E-state index in [1.165, 1.54) is 38.4 Å². The van der Waals surface area contributed by atoms with Crippen LogP contribution in [-0.4, -0.2) is 35.2 Å². The highest BCUT2D eigenvalue weighted by atomic mass is 35.5. The first-order chi connectivity index (χ1) is 12.2. The number of carbonyl (C=O) groups excluding carboxylic acids is 1. The van der Waals surface area contributed by atoms with E-state index in [1.54, 1.807) is 26.0 Å². The van der Waals surface area contributed by atoms with Gasteiger partial charge in [0.1, 0.15) is 5.75 Å². The molecule has 0 radical (unpaired) electrons. The Morgan fingerprint density at radius 3 is 2.42 bits per heavy atom. The van der Waals surface area contributed by atoms with Crippen LogP contribution < -0.4 is 9.04 Å². The van der Waals surface area contributed by atoms with Crippen LogP contribution in [-0.2, 0) is 14.8 Å². The van der Waals surface area contributed by atoms with Crippen LogP contribution in [0.3, 0.4) is 0 Å². The Bertz CT molecular complexity index is 927. The number of methoxy groups -OCH3 is 1. The van der Waals surface area contributed by atoms with E-state index in [-0.39, 0.29) is 22.1 Å². The molecule has 0 aromatic heterocycles. The molecule has 2 rings (SSSR count). The zero-order valence-electron chi connectivity index (χ0n) is 14.9. The predicted molar refractivity (Wildman–Crippen MR) is 101 cm³/mol. The number of halogens is 1. The molecule has 0 heterocycles. The van der Waals surface area contributed by atoms with Gasteiger partial charge in [-0.25, -0.2) is 13.2 Å². The van der Waals surface area contributed by atoms with E-state index < -0.39 is 16.0 Å². The number of nitrogens with zero attached hydrogens (tertiary/aromatic N) is 1. The number of esters is 1. The Hall–Kier alpha value is -2.25. The standard InChI is InChI=1S/C18H20ClNO5S/c1-5-25-18(21)15-8-6-13(11-16(15)19)20(3)26(22,23)14-7-9-17(24-4)12(2)10-14/h6-11H,5H2,1-4H3. The van der Waals surface area contributed by atoms with Crippen LogP contribution in [0, 0.1) is 6.92 Å². The van der Waals surface area contributed by atoms with Gasteiger partial charge in [-0.2, -0.15) is 0 Å². The van der Waals surface area contributed by atoms with Crippen LogP contribution >= 0.6 is 11.6 Å². The summed E-state index contributed by atoms with van der Waals surface area (Å²) in [5.41, 5.74) is 1.22. The van der Waals surface area contributed by atoms with Gasteiger partial charge in [0.15, 0.2) is 0 Å². The predicted octanol–water partition coefficient (Wildman–Crippen LogP) is 3.66. The SMILES string of the molecule is CCOC(=O)c1ccc(N(C)S(=O)(=O)c2ccc(OC)c(C)c2)cc1Cl. The van der Waals surface area contributed by atoms with Crippen LogP contribution in [0.4, 0.5) is 5.69 Å². The van der Waals surface area contributed by atoms with Crippen LogP contribution in [0.5, 0.6) is 5.75 Å². The average Bonchev–Trinajstić information content (AvgIpc) is 2.60. The van der Waals surface area contributed by atoms with Gasteiger partial charge in [0, 0.05) is 7.05 Å². The molecular formula is C18H20ClNO5S. The average molecular weight is 398 g/mol. The number of sulfonamides is 1. The van der Waals surface area contributed by atoms with Crippen molar-refractivity contribution in [1.29, 1.82) is 0 Å². The van der Waals surface area contributed by atoms with Crippen molar-refractivity contribution >= 4 is 33.3 Å². The number of ether oxygens (including phenoxy) is 2. The number of hydrogen-bond acceptors (Lipinski definition) is 5. The number of anilines is 1. The molecule has 0 amide bonds. The minimum Gasteiger partial charge on any atom is -0.496 e. The Morgan fingerprint density at radius 1 is 1.19 bits per heavy atom. The highest BCUT2D eigenvalue weighted by Gasteiger charge is 2.23. The fourth-order valence-electron chi connectivity index (χ4n) is 2.38. The van der Waals surface area contributed by atoms with Crippen molar-refractivity contribution in [2.75, 3.05) is 25.1 Å². The number of aryl methyl sites for hydroxylation is 1. The Labute approximate surface area is 158 Å². The summed E-state index contributed by atoms with van der Waals surface area (Å²) >= 11 is 6.13. The monoisotopic (exact) mass is 397 g/mol. The fraction of sp³-hybridized carbons (Fsp3) is 0.278. The van der Waals surface area contributed by atoms with Gasteiger partial charge in [-0.3, -0.25) is 4.31 Å². The largest absolute Gasteiger partial charge is 0.496 e. The lowest BCUT2D eigenvalue weighted by Crippen LogP contribution is -2.26. The second kappa shape index (κ2) is 7.97. The van der Waals surface area contributed by atoms with E-state index in [0.29, 0.717) is 17.0 Å². The van der Waals surface area contributed by atoms with Gasteiger partial charge in [-0.15, -0.1) is 0 Å². The molecule has 0 atom stereocenters. The van der Waals surface area contributed by atoms with Crippen molar-refractivity contribution in [2.24, 2.45) is 0 Å². The molecule has 0 saturated heterocycles. The van der Waals surface area contributed by atoms with Crippen molar-refractivity contribution in [3.05, 3.63) is 52.5 Å². The van der Waals surface area contributed by atoms with Crippen molar-refractivity contribution in [2.45, 2.75) is 18.7 Å². The minimum absolute atomic E-state index is 0.119. The van der Waals surface area contributed by atoms with Gasteiger partial charge in [-0.1, -0.05) is 11.6 Å². The number of hydrogen-bond donors (Lipinski definition) is 0. The molecule has 0 aliphatic rings. The molecule has 0 unspecified atom stereocenters. The topological polar surface area (TPSA) is 72.9 Å². The third-order valence-electron chi connectivity index (χ3n) is 3.84. The fourth-order valence-corrected chi connectivity index (χ4v) is 3.91. The quantitative estimate of drug-likeness (QED) is 0.695. The summed E-state index contributed by atoms with van der Waals surface area (Å²) in [5.74, 6) is 0.0498. The number of rotatable bonds is 6. The third-order valence-corrected chi connectivity index (χ3v) is 5.93. The lowest BCUT2D eigenvalue weighted by atomic mass is 10.2. The van der Waals surface area contributed by atoms with E-state index in [2.05, 4.69) is 0 Å². The van der Waals surface area contributed by atoms with Crippen molar-refractivity contribution in [3.63, 3.8) is 0 Å². The molecule has 0 fully saturated rings. The summed E-state index contributed by atoms with van der Waals surface area (Å²) in [7, 11) is -0.852. The molecule has 8 heteroatoms. The van der Waals surface area contributed by atoms with Gasteiger partial charge >= 0.3 is 5.97 Å². The summed E-state index contributed by atoms with van der Waals surface area (Å²) in [6.45, 7) is 3.68. The van der Waals surface area contributed by atoms with Gasteiger partial charge in [0.25, 0.3) is 10.0 Å². The van der Waals surface area contributed by atoms with Crippen molar-refractivity contribution in [3.8, 4) is 5.75 Å². The van der Waals surface area contributed by atoms with Gasteiger partial charge < -0.3 is 9.47 Å². The highest BCUT2D eigenvalue weighted by molar-refractivity contribution is 7.92. The zero-order valence-corrected chi connectivity index (χ0v) is 16.5. The number of carbonyl (C=O) groups is 1. The van der Waals surface area contributed by atoms with Crippen LogP contribution in [0.15, 0.2) is 41.3 Å². The molecule has 2 aromatic carbocycles. The number of benzene rings is 2. The zero-order chi connectivity index (χ0) is 19.5. The molecule has 0 bridgehead atoms. The minimum atomic E-state index is -3.80. The summed E-state index contributed by atoms with van der Waals surface area (Å²) in [4.78, 5) is 11.9. The van der Waals surface area contributed by atoms with Crippen LogP contribution in [0.25, 0.3) is 0 Å². The molecule has 140 valence electrons. The Morgan fingerprint density at radius 2 is 1.88 bits per heavy atom. The van der Waals surface area contributed by atoms with Gasteiger partial charge in [0.05, 0.1) is 34.9 Å². The normalized spacial score (nSPS) is 11.1. The van der Waals surface area contributed by atoms with Gasteiger partial charge in [0.2, 0.25) is 0 Å². The summed E-state index contributed by atoms with van der Waals surface area (Å²) in [6.07, 6.45) is 0. The first kappa shape index (κ1) is 20.1. The molecule has 0 saturated carbocycles. The van der Waals surface area contributed by atoms with Crippen molar-refractivity contribution < 1.29 is 22.7 Å². The second-order valence-electron chi connectivity index (χ2n) is 5.49. The maximum absolute atomic E-state index is 12.9. The van der Waals surface area contributed by atoms with Crippen LogP contribution in [0.2, 0.25) is 5.02 Å². The molecule has 2 aromatic rings. The third kappa shape index (κ3) is 3.94. The maximum atomic E-state index is 12.9. The van der Waals surface area contributed by atoms with E-state index in [4.69, 9.17) is 21.1 Å². The summed E-state index contributed by atoms with van der Waals surface area (Å²) in [6, 6.07) is 8.99. The molecule has 0 spiro atoms. The smallest absolute Gasteiger partial charge is 0.339 e. The molecule has 0 aliphatic heterocycles. The van der Waals surface area contributed by atoms with E-state index >= 15 is 0 Å². The first-order valence-electron chi connectivity index (χ1n) is 7.82. The molecule has 0 aliphatic carbocycles. The lowest BCUT2D eigenvalue weighted by Gasteiger charge is -2.21. The van der Waals surface area contributed by atoms with E-state index in [9.17, 15) is 13.2 Å². The maximum Gasteiger partial charge on any atom is 0.339 e. The Balaban J connectivity index is 2.38. The molecule has 26 heavy (non-hydrogen) atoms. The Kier molecular flexibility index (Phi) is 6.15. The van der Waals surface area contributed by atoms with E-state index in [0.717, 1.165) is 4.31 Å². The lowest BCUT2D eigenvalue weighted by molar-refractivity contribution is 0.0526. The summed E-state index contributed by atoms with van der Waals surface area (Å²) < 4.78 is 36.9. The second-order valence-corrected chi connectivity index (χ2v) is 7.87. The molecule has 0 N–H and O–H groups in total. The van der Waals surface area contributed by atoms with Crippen molar-refractivity contribution in [1.82, 2.24) is 0 Å². The highest BCUT2D eigenvalue weighted by Crippen LogP contribution is 2.29. The van der Waals surface area contributed by atoms with Crippen LogP contribution in [0.1, 0.15) is 22.8 Å². The summed E-state index contributed by atoms with van der Waals surface area (Å²) in [5, 5.41) is 0.119. The van der Waals surface area contributed by atoms with Gasteiger partial charge in [-0.05, 0) is 55.8 Å². The molecular weight excluding hydrogens is 378 g/mol. The van der Waals surface area contributed by atoms with E-state index in [1.807, 2.05) is 0 Å².